The van der Waals surface area contributed by atoms with E-state index in [2.05, 4.69) is 10.3 Å². The molecular weight excluding hydrogens is 497 g/mol. The van der Waals surface area contributed by atoms with E-state index in [9.17, 15) is 9.59 Å². The first-order valence-corrected chi connectivity index (χ1v) is 13.6. The molecule has 0 saturated carbocycles. The van der Waals surface area contributed by atoms with Gasteiger partial charge in [0.05, 0.1) is 17.2 Å². The van der Waals surface area contributed by atoms with Crippen molar-refractivity contribution in [1.82, 2.24) is 15.2 Å². The largest absolute Gasteiger partial charge is 0.494 e. The summed E-state index contributed by atoms with van der Waals surface area (Å²) in [5, 5.41) is 3.12. The SMILES string of the molecule is CC(C)(C)OC(=O)N1CC[C@@H](NC(=O)c2coc(C(C)(C)C)n2)c2ccc(B3OC(C)(C)C(C)(C)O3)cc2C1. The molecule has 10 heteroatoms. The molecule has 1 aromatic carbocycles. The van der Waals surface area contributed by atoms with Crippen LogP contribution < -0.4 is 10.8 Å². The summed E-state index contributed by atoms with van der Waals surface area (Å²) in [6.07, 6.45) is 1.51. The number of oxazole rings is 1. The van der Waals surface area contributed by atoms with Crippen LogP contribution in [0, 0.1) is 0 Å². The highest BCUT2D eigenvalue weighted by molar-refractivity contribution is 6.62. The van der Waals surface area contributed by atoms with Gasteiger partial charge in [-0.1, -0.05) is 39.0 Å². The van der Waals surface area contributed by atoms with Crippen LogP contribution in [0.15, 0.2) is 28.9 Å². The van der Waals surface area contributed by atoms with E-state index in [1.165, 1.54) is 6.26 Å². The summed E-state index contributed by atoms with van der Waals surface area (Å²) in [4.78, 5) is 32.4. The Morgan fingerprint density at radius 2 is 1.72 bits per heavy atom. The first kappa shape index (κ1) is 29.1. The molecule has 4 rings (SSSR count). The number of fused-ring (bicyclic) bond motifs is 1. The summed E-state index contributed by atoms with van der Waals surface area (Å²) in [7, 11) is -0.544. The molecule has 0 bridgehead atoms. The predicted octanol–water partition coefficient (Wildman–Crippen LogP) is 4.88. The number of amides is 2. The zero-order valence-electron chi connectivity index (χ0n) is 24.9. The van der Waals surface area contributed by atoms with Gasteiger partial charge >= 0.3 is 13.2 Å². The van der Waals surface area contributed by atoms with Crippen LogP contribution in [0.2, 0.25) is 0 Å². The Bertz CT molecular complexity index is 1220. The number of hydrogen-bond acceptors (Lipinski definition) is 7. The fraction of sp³-hybridized carbons (Fsp3) is 0.621. The van der Waals surface area contributed by atoms with Crippen molar-refractivity contribution in [2.75, 3.05) is 6.54 Å². The lowest BCUT2D eigenvalue weighted by molar-refractivity contribution is 0.00578. The van der Waals surface area contributed by atoms with Crippen LogP contribution in [0.25, 0.3) is 0 Å². The Labute approximate surface area is 232 Å². The van der Waals surface area contributed by atoms with Crippen LogP contribution in [-0.4, -0.2) is 52.4 Å². The van der Waals surface area contributed by atoms with E-state index < -0.39 is 30.0 Å². The molecule has 39 heavy (non-hydrogen) atoms. The highest BCUT2D eigenvalue weighted by Crippen LogP contribution is 2.37. The molecule has 1 saturated heterocycles. The van der Waals surface area contributed by atoms with E-state index in [0.29, 0.717) is 25.4 Å². The Balaban J connectivity index is 1.64. The zero-order valence-corrected chi connectivity index (χ0v) is 24.9. The van der Waals surface area contributed by atoms with Gasteiger partial charge < -0.3 is 28.7 Å². The van der Waals surface area contributed by atoms with Crippen molar-refractivity contribution in [1.29, 1.82) is 0 Å². The van der Waals surface area contributed by atoms with Crippen molar-refractivity contribution in [3.05, 3.63) is 47.2 Å². The smallest absolute Gasteiger partial charge is 0.448 e. The summed E-state index contributed by atoms with van der Waals surface area (Å²) < 4.78 is 23.8. The average Bonchev–Trinajstić information content (AvgIpc) is 3.31. The van der Waals surface area contributed by atoms with Crippen LogP contribution in [0.3, 0.4) is 0 Å². The highest BCUT2D eigenvalue weighted by Gasteiger charge is 2.51. The molecule has 2 aliphatic rings. The third-order valence-corrected chi connectivity index (χ3v) is 7.45. The topological polar surface area (TPSA) is 103 Å². The van der Waals surface area contributed by atoms with Crippen molar-refractivity contribution in [3.63, 3.8) is 0 Å². The Morgan fingerprint density at radius 3 is 2.28 bits per heavy atom. The third-order valence-electron chi connectivity index (χ3n) is 7.45. The maximum absolute atomic E-state index is 13.2. The minimum absolute atomic E-state index is 0.226. The average molecular weight is 539 g/mol. The highest BCUT2D eigenvalue weighted by atomic mass is 16.7. The number of hydrogen-bond donors (Lipinski definition) is 1. The molecule has 1 N–H and O–H groups in total. The number of nitrogens with one attached hydrogen (secondary N) is 1. The summed E-state index contributed by atoms with van der Waals surface area (Å²) in [6.45, 7) is 20.3. The van der Waals surface area contributed by atoms with E-state index >= 15 is 0 Å². The minimum Gasteiger partial charge on any atom is -0.448 e. The number of carbonyl (C=O) groups excluding carboxylic acids is 2. The molecule has 1 atom stereocenters. The molecule has 0 unspecified atom stereocenters. The van der Waals surface area contributed by atoms with Crippen LogP contribution in [0.4, 0.5) is 4.79 Å². The molecular formula is C29H42BN3O6. The fourth-order valence-electron chi connectivity index (χ4n) is 4.54. The standard InChI is InChI=1S/C29H42BN3O6/c1-26(2,3)24-32-22(17-36-24)23(34)31-21-13-14-33(25(35)37-27(4,5)6)16-18-15-19(11-12-20(18)21)30-38-28(7,8)29(9,10)39-30/h11-12,15,17,21H,13-14,16H2,1-10H3,(H,31,34)/t21-/m1/s1. The molecule has 1 fully saturated rings. The number of ether oxygens (including phenoxy) is 1. The van der Waals surface area contributed by atoms with Gasteiger partial charge in [-0.15, -0.1) is 0 Å². The second-order valence-corrected chi connectivity index (χ2v) is 13.6. The van der Waals surface area contributed by atoms with Gasteiger partial charge in [0, 0.05) is 18.5 Å². The van der Waals surface area contributed by atoms with Gasteiger partial charge in [-0.25, -0.2) is 9.78 Å². The van der Waals surface area contributed by atoms with Crippen molar-refractivity contribution < 1.29 is 28.1 Å². The molecule has 2 aromatic rings. The van der Waals surface area contributed by atoms with Crippen molar-refractivity contribution >= 4 is 24.6 Å². The van der Waals surface area contributed by atoms with Crippen LogP contribution in [0.1, 0.15) is 109 Å². The van der Waals surface area contributed by atoms with E-state index in [-0.39, 0.29) is 23.1 Å². The van der Waals surface area contributed by atoms with Crippen LogP contribution in [-0.2, 0) is 26.0 Å². The molecule has 212 valence electrons. The van der Waals surface area contributed by atoms with E-state index in [0.717, 1.165) is 16.6 Å². The number of benzene rings is 1. The predicted molar refractivity (Wildman–Crippen MR) is 149 cm³/mol. The lowest BCUT2D eigenvalue weighted by atomic mass is 9.77. The number of carbonyl (C=O) groups is 2. The molecule has 1 aromatic heterocycles. The first-order valence-electron chi connectivity index (χ1n) is 13.6. The maximum Gasteiger partial charge on any atom is 0.494 e. The Kier molecular flexibility index (Phi) is 7.45. The van der Waals surface area contributed by atoms with Crippen molar-refractivity contribution in [2.45, 2.75) is 110 Å². The van der Waals surface area contributed by atoms with Gasteiger partial charge in [0.25, 0.3) is 5.91 Å². The lowest BCUT2D eigenvalue weighted by Crippen LogP contribution is -2.41. The molecule has 0 radical (unpaired) electrons. The second kappa shape index (κ2) is 9.96. The Hall–Kier alpha value is -2.85. The second-order valence-electron chi connectivity index (χ2n) is 13.6. The summed E-state index contributed by atoms with van der Waals surface area (Å²) in [6, 6.07) is 5.62. The summed E-state index contributed by atoms with van der Waals surface area (Å²) in [5.74, 6) is 0.169. The lowest BCUT2D eigenvalue weighted by Gasteiger charge is -2.32. The maximum atomic E-state index is 13.2. The summed E-state index contributed by atoms with van der Waals surface area (Å²) >= 11 is 0. The molecule has 0 spiro atoms. The molecule has 2 aliphatic heterocycles. The number of aromatic nitrogens is 1. The first-order chi connectivity index (χ1) is 17.9. The van der Waals surface area contributed by atoms with Gasteiger partial charge in [0.15, 0.2) is 11.6 Å². The fourth-order valence-corrected chi connectivity index (χ4v) is 4.54. The molecule has 0 aliphatic carbocycles. The zero-order chi connectivity index (χ0) is 29.0. The van der Waals surface area contributed by atoms with E-state index in [4.69, 9.17) is 18.5 Å². The minimum atomic E-state index is -0.623. The van der Waals surface area contributed by atoms with E-state index in [1.807, 2.05) is 87.4 Å². The van der Waals surface area contributed by atoms with Gasteiger partial charge in [0.2, 0.25) is 0 Å². The van der Waals surface area contributed by atoms with Gasteiger partial charge in [-0.3, -0.25) is 4.79 Å². The van der Waals surface area contributed by atoms with E-state index in [1.54, 1.807) is 4.90 Å². The molecule has 9 nitrogen and oxygen atoms in total. The van der Waals surface area contributed by atoms with Crippen molar-refractivity contribution in [3.8, 4) is 0 Å². The van der Waals surface area contributed by atoms with Crippen LogP contribution in [0.5, 0.6) is 0 Å². The monoisotopic (exact) mass is 539 g/mol. The van der Waals surface area contributed by atoms with Gasteiger partial charge in [0.1, 0.15) is 11.9 Å². The van der Waals surface area contributed by atoms with Gasteiger partial charge in [-0.05, 0) is 71.5 Å². The van der Waals surface area contributed by atoms with Crippen LogP contribution >= 0.6 is 0 Å². The number of rotatable bonds is 3. The molecule has 3 heterocycles. The normalized spacial score (nSPS) is 20.8. The Morgan fingerprint density at radius 1 is 1.08 bits per heavy atom. The number of nitrogens with zero attached hydrogens (tertiary/aromatic N) is 2. The quantitative estimate of drug-likeness (QED) is 0.555. The molecule has 2 amide bonds. The summed E-state index contributed by atoms with van der Waals surface area (Å²) in [5.41, 5.74) is 1.01. The van der Waals surface area contributed by atoms with Gasteiger partial charge in [-0.2, -0.15) is 0 Å². The third kappa shape index (κ3) is 6.33. The van der Waals surface area contributed by atoms with Crippen molar-refractivity contribution in [2.24, 2.45) is 0 Å².